The van der Waals surface area contributed by atoms with Gasteiger partial charge in [-0.3, -0.25) is 0 Å². The lowest BCUT2D eigenvalue weighted by molar-refractivity contribution is 1.22. The molecule has 0 radical (unpaired) electrons. The number of allylic oxidation sites excluding steroid dienone is 2. The van der Waals surface area contributed by atoms with Gasteiger partial charge in [0.2, 0.25) is 0 Å². The summed E-state index contributed by atoms with van der Waals surface area (Å²) < 4.78 is 0. The molecule has 0 amide bonds. The molecular formula is C45H60. The van der Waals surface area contributed by atoms with Gasteiger partial charge < -0.3 is 0 Å². The number of hydrogen-bond donors (Lipinski definition) is 0. The van der Waals surface area contributed by atoms with Crippen LogP contribution in [0.1, 0.15) is 93.0 Å². The first-order valence-electron chi connectivity index (χ1n) is 14.8. The van der Waals surface area contributed by atoms with Crippen LogP contribution in [-0.2, 0) is 0 Å². The number of benzene rings is 5. The predicted molar refractivity (Wildman–Crippen MR) is 208 cm³/mol. The molecule has 0 spiro atoms. The third-order valence-corrected chi connectivity index (χ3v) is 6.84. The first kappa shape index (κ1) is 42.7. The fraction of sp³-hybridized carbons (Fsp3) is 0.244. The van der Waals surface area contributed by atoms with E-state index in [9.17, 15) is 0 Å². The van der Waals surface area contributed by atoms with Crippen LogP contribution < -0.4 is 10.4 Å². The first-order valence-corrected chi connectivity index (χ1v) is 14.8. The van der Waals surface area contributed by atoms with Crippen LogP contribution in [-0.4, -0.2) is 0 Å². The molecule has 0 unspecified atom stereocenters. The van der Waals surface area contributed by atoms with Gasteiger partial charge in [0.1, 0.15) is 0 Å². The maximum atomic E-state index is 2.32. The van der Waals surface area contributed by atoms with Gasteiger partial charge in [0, 0.05) is 0 Å². The van der Waals surface area contributed by atoms with Gasteiger partial charge in [0.25, 0.3) is 0 Å². The number of aryl methyl sites for hydroxylation is 1. The highest BCUT2D eigenvalue weighted by molar-refractivity contribution is 5.82. The van der Waals surface area contributed by atoms with Crippen LogP contribution in [0.3, 0.4) is 0 Å². The molecule has 0 aromatic heterocycles. The fourth-order valence-electron chi connectivity index (χ4n) is 4.87. The molecule has 0 fully saturated rings. The standard InChI is InChI=1S/C34H28.C5H10.C2H6.4CH4/c1-25-13-11-18-29(23-25)26(2)32-21-9-10-22-33(32)34(28-16-7-4-8-17-28)31-20-12-19-30(24-31)27-14-5-3-6-15-27;1-3-5-4-2;1-2;;;;/h3-24H,1-2H3;3,5H,4H2,1-2H3;1-2H3;4*1H4/b32-26+,34-33+;5-3-;;;;;. The van der Waals surface area contributed by atoms with E-state index in [0.717, 1.165) is 6.42 Å². The fourth-order valence-corrected chi connectivity index (χ4v) is 4.87. The second-order valence-electron chi connectivity index (χ2n) is 9.71. The number of hydrogen-bond acceptors (Lipinski definition) is 0. The summed E-state index contributed by atoms with van der Waals surface area (Å²) >= 11 is 0. The molecule has 5 rings (SSSR count). The van der Waals surface area contributed by atoms with Crippen molar-refractivity contribution in [1.29, 1.82) is 0 Å². The second-order valence-corrected chi connectivity index (χ2v) is 9.71. The minimum atomic E-state index is 0. The van der Waals surface area contributed by atoms with Crippen LogP contribution in [0.15, 0.2) is 146 Å². The Bertz CT molecular complexity index is 1640. The third kappa shape index (κ3) is 11.9. The quantitative estimate of drug-likeness (QED) is 0.176. The van der Waals surface area contributed by atoms with E-state index in [0.29, 0.717) is 0 Å². The molecule has 0 N–H and O–H groups in total. The van der Waals surface area contributed by atoms with Crippen molar-refractivity contribution >= 4 is 11.1 Å². The smallest absolute Gasteiger partial charge is 0.00325 e. The van der Waals surface area contributed by atoms with Crippen LogP contribution in [0.4, 0.5) is 0 Å². The molecule has 0 aliphatic heterocycles. The van der Waals surface area contributed by atoms with Crippen LogP contribution in [0.25, 0.3) is 22.3 Å². The van der Waals surface area contributed by atoms with Gasteiger partial charge in [-0.15, -0.1) is 0 Å². The molecule has 0 heteroatoms. The lowest BCUT2D eigenvalue weighted by Crippen LogP contribution is -2.29. The van der Waals surface area contributed by atoms with Crippen molar-refractivity contribution in [3.05, 3.63) is 178 Å². The first-order chi connectivity index (χ1) is 20.1. The van der Waals surface area contributed by atoms with Gasteiger partial charge in [-0.05, 0) is 82.7 Å². The third-order valence-electron chi connectivity index (χ3n) is 6.84. The molecule has 0 nitrogen and oxygen atoms in total. The van der Waals surface area contributed by atoms with Crippen molar-refractivity contribution in [1.82, 2.24) is 0 Å². The van der Waals surface area contributed by atoms with E-state index in [-0.39, 0.29) is 29.7 Å². The molecule has 0 saturated carbocycles. The zero-order valence-electron chi connectivity index (χ0n) is 25.6. The van der Waals surface area contributed by atoms with Crippen LogP contribution in [0, 0.1) is 6.92 Å². The largest absolute Gasteiger partial charge is 0.0917 e. The lowest BCUT2D eigenvalue weighted by atomic mass is 9.91. The Balaban J connectivity index is 0. The van der Waals surface area contributed by atoms with Crippen LogP contribution >= 0.6 is 0 Å². The van der Waals surface area contributed by atoms with Gasteiger partial charge in [-0.2, -0.15) is 0 Å². The minimum Gasteiger partial charge on any atom is -0.0917 e. The molecule has 45 heavy (non-hydrogen) atoms. The van der Waals surface area contributed by atoms with E-state index in [1.165, 1.54) is 55.0 Å². The molecule has 0 saturated heterocycles. The van der Waals surface area contributed by atoms with E-state index in [4.69, 9.17) is 0 Å². The van der Waals surface area contributed by atoms with Crippen LogP contribution in [0.5, 0.6) is 0 Å². The molecule has 0 atom stereocenters. The monoisotopic (exact) mass is 600 g/mol. The normalized spacial score (nSPS) is 10.9. The maximum absolute atomic E-state index is 2.32. The van der Waals surface area contributed by atoms with Gasteiger partial charge in [0.15, 0.2) is 0 Å². The topological polar surface area (TPSA) is 0 Å². The summed E-state index contributed by atoms with van der Waals surface area (Å²) in [6, 6.07) is 47.8. The summed E-state index contributed by atoms with van der Waals surface area (Å²) in [6.07, 6.45) is 5.34. The van der Waals surface area contributed by atoms with E-state index in [1.807, 2.05) is 20.8 Å². The Hall–Kier alpha value is -4.42. The van der Waals surface area contributed by atoms with Gasteiger partial charge >= 0.3 is 0 Å². The highest BCUT2D eigenvalue weighted by atomic mass is 14.1. The highest BCUT2D eigenvalue weighted by Gasteiger charge is 2.10. The lowest BCUT2D eigenvalue weighted by Gasteiger charge is -2.13. The Morgan fingerprint density at radius 1 is 0.533 bits per heavy atom. The van der Waals surface area contributed by atoms with Gasteiger partial charge in [-0.1, -0.05) is 196 Å². The van der Waals surface area contributed by atoms with Crippen molar-refractivity contribution in [3.8, 4) is 11.1 Å². The molecule has 5 aromatic rings. The Morgan fingerprint density at radius 3 is 1.58 bits per heavy atom. The average molecular weight is 601 g/mol. The molecular weight excluding hydrogens is 540 g/mol. The maximum Gasteiger partial charge on any atom is -0.00325 e. The van der Waals surface area contributed by atoms with Crippen molar-refractivity contribution in [2.24, 2.45) is 0 Å². The summed E-state index contributed by atoms with van der Waals surface area (Å²) in [5.74, 6) is 0. The van der Waals surface area contributed by atoms with Crippen LogP contribution in [0.2, 0.25) is 0 Å². The SMILES string of the molecule is C.C.C.C.C/C(c1cccc(C)c1)=c1/cccc/c1=C(/c1ccccc1)c1cccc(-c2ccccc2)c1.C/C=C\CC.CC. The molecule has 0 aliphatic rings. The summed E-state index contributed by atoms with van der Waals surface area (Å²) in [6.45, 7) is 12.5. The van der Waals surface area contributed by atoms with E-state index in [1.54, 1.807) is 0 Å². The second kappa shape index (κ2) is 23.0. The van der Waals surface area contributed by atoms with Crippen molar-refractivity contribution in [2.45, 2.75) is 77.7 Å². The van der Waals surface area contributed by atoms with Gasteiger partial charge in [-0.25, -0.2) is 0 Å². The Kier molecular flexibility index (Phi) is 21.9. The van der Waals surface area contributed by atoms with Crippen molar-refractivity contribution in [3.63, 3.8) is 0 Å². The van der Waals surface area contributed by atoms with Crippen molar-refractivity contribution < 1.29 is 0 Å². The summed E-state index contributed by atoms with van der Waals surface area (Å²) in [7, 11) is 0. The molecule has 5 aromatic carbocycles. The van der Waals surface area contributed by atoms with Gasteiger partial charge in [0.05, 0.1) is 0 Å². The zero-order valence-corrected chi connectivity index (χ0v) is 25.6. The molecule has 0 aliphatic carbocycles. The Labute approximate surface area is 277 Å². The average Bonchev–Trinajstić information content (AvgIpc) is 3.04. The van der Waals surface area contributed by atoms with E-state index < -0.39 is 0 Å². The molecule has 0 heterocycles. The van der Waals surface area contributed by atoms with Crippen molar-refractivity contribution in [2.75, 3.05) is 0 Å². The van der Waals surface area contributed by atoms with E-state index in [2.05, 4.69) is 166 Å². The summed E-state index contributed by atoms with van der Waals surface area (Å²) in [5, 5.41) is 2.51. The Morgan fingerprint density at radius 2 is 1.02 bits per heavy atom. The summed E-state index contributed by atoms with van der Waals surface area (Å²) in [4.78, 5) is 0. The predicted octanol–water partition coefficient (Wildman–Crippen LogP) is 12.7. The zero-order chi connectivity index (χ0) is 29.5. The minimum absolute atomic E-state index is 0. The summed E-state index contributed by atoms with van der Waals surface area (Å²) in [5.41, 5.74) is 9.97. The number of rotatable bonds is 5. The molecule has 0 bridgehead atoms. The highest BCUT2D eigenvalue weighted by Crippen LogP contribution is 2.26. The van der Waals surface area contributed by atoms with E-state index >= 15 is 0 Å². The molecule has 240 valence electrons.